The zero-order valence-electron chi connectivity index (χ0n) is 13.3. The Labute approximate surface area is 159 Å². The van der Waals surface area contributed by atoms with E-state index >= 15 is 0 Å². The largest absolute Gasteiger partial charge is 0.355 e. The summed E-state index contributed by atoms with van der Waals surface area (Å²) in [7, 11) is 1.82. The number of thioether (sulfide) groups is 1. The molecule has 1 aliphatic rings. The van der Waals surface area contributed by atoms with Crippen LogP contribution in [0.15, 0.2) is 41.5 Å². The Bertz CT molecular complexity index is 651. The van der Waals surface area contributed by atoms with Crippen molar-refractivity contribution in [3.8, 4) is 0 Å². The monoisotopic (exact) mass is 442 g/mol. The van der Waals surface area contributed by atoms with E-state index in [1.165, 1.54) is 29.5 Å². The number of aromatic nitrogens is 1. The topological polar surface area (TPSA) is 49.3 Å². The average molecular weight is 442 g/mol. The molecule has 0 spiro atoms. The van der Waals surface area contributed by atoms with Crippen LogP contribution in [0.4, 0.5) is 0 Å². The fraction of sp³-hybridized carbons (Fsp3) is 0.412. The smallest absolute Gasteiger partial charge is 0.191 e. The predicted molar refractivity (Wildman–Crippen MR) is 111 cm³/mol. The maximum atomic E-state index is 4.49. The summed E-state index contributed by atoms with van der Waals surface area (Å²) in [6.07, 6.45) is 4.49. The van der Waals surface area contributed by atoms with E-state index in [2.05, 4.69) is 56.6 Å². The van der Waals surface area contributed by atoms with E-state index in [-0.39, 0.29) is 24.0 Å². The Kier molecular flexibility index (Phi) is 7.42. The maximum absolute atomic E-state index is 4.49. The highest BCUT2D eigenvalue weighted by atomic mass is 127. The summed E-state index contributed by atoms with van der Waals surface area (Å²) in [6, 6.07) is 10.3. The van der Waals surface area contributed by atoms with Crippen LogP contribution in [-0.2, 0) is 6.54 Å². The molecule has 1 aliphatic heterocycles. The molecule has 0 saturated carbocycles. The predicted octanol–water partition coefficient (Wildman–Crippen LogP) is 3.41. The lowest BCUT2D eigenvalue weighted by atomic mass is 10.1. The van der Waals surface area contributed by atoms with E-state index in [4.69, 9.17) is 0 Å². The molecule has 0 aliphatic carbocycles. The molecule has 3 rings (SSSR count). The highest BCUT2D eigenvalue weighted by Crippen LogP contribution is 2.25. The normalized spacial score (nSPS) is 17.8. The van der Waals surface area contributed by atoms with E-state index in [1.54, 1.807) is 0 Å². The number of hydrogen-bond acceptors (Lipinski definition) is 3. The minimum Gasteiger partial charge on any atom is -0.355 e. The number of para-hydroxylation sites is 1. The van der Waals surface area contributed by atoms with Gasteiger partial charge in [-0.05, 0) is 30.2 Å². The molecule has 1 unspecified atom stereocenters. The lowest BCUT2D eigenvalue weighted by Gasteiger charge is -2.15. The SMILES string of the molecule is CN=C(NCc1cccc2cccnc12)NCC1CCCS1.I. The molecule has 4 nitrogen and oxygen atoms in total. The molecular weight excluding hydrogens is 419 g/mol. The van der Waals surface area contributed by atoms with Crippen molar-refractivity contribution >= 4 is 52.6 Å². The van der Waals surface area contributed by atoms with Gasteiger partial charge in [-0.25, -0.2) is 0 Å². The van der Waals surface area contributed by atoms with Crippen molar-refractivity contribution in [2.45, 2.75) is 24.6 Å². The number of nitrogens with zero attached hydrogens (tertiary/aromatic N) is 2. The van der Waals surface area contributed by atoms with Crippen LogP contribution in [0, 0.1) is 0 Å². The Morgan fingerprint density at radius 1 is 1.30 bits per heavy atom. The summed E-state index contributed by atoms with van der Waals surface area (Å²) in [5, 5.41) is 8.71. The van der Waals surface area contributed by atoms with Crippen LogP contribution in [0.5, 0.6) is 0 Å². The molecule has 124 valence electrons. The van der Waals surface area contributed by atoms with Gasteiger partial charge in [0.25, 0.3) is 0 Å². The van der Waals surface area contributed by atoms with Gasteiger partial charge >= 0.3 is 0 Å². The van der Waals surface area contributed by atoms with Crippen molar-refractivity contribution in [2.75, 3.05) is 19.3 Å². The molecule has 1 aromatic carbocycles. The van der Waals surface area contributed by atoms with Gasteiger partial charge < -0.3 is 10.6 Å². The van der Waals surface area contributed by atoms with Crippen LogP contribution in [0.25, 0.3) is 10.9 Å². The summed E-state index contributed by atoms with van der Waals surface area (Å²) in [6.45, 7) is 1.71. The van der Waals surface area contributed by atoms with E-state index in [1.807, 2.05) is 19.3 Å². The highest BCUT2D eigenvalue weighted by Gasteiger charge is 2.15. The molecule has 1 saturated heterocycles. The van der Waals surface area contributed by atoms with Crippen molar-refractivity contribution in [1.29, 1.82) is 0 Å². The van der Waals surface area contributed by atoms with Gasteiger partial charge in [0.05, 0.1) is 5.52 Å². The Balaban J connectivity index is 0.00000192. The Morgan fingerprint density at radius 2 is 2.17 bits per heavy atom. The number of benzene rings is 1. The van der Waals surface area contributed by atoms with Crippen molar-refractivity contribution in [3.05, 3.63) is 42.1 Å². The van der Waals surface area contributed by atoms with Gasteiger partial charge in [-0.1, -0.05) is 24.3 Å². The van der Waals surface area contributed by atoms with Crippen molar-refractivity contribution in [3.63, 3.8) is 0 Å². The van der Waals surface area contributed by atoms with Crippen LogP contribution >= 0.6 is 35.7 Å². The Morgan fingerprint density at radius 3 is 2.96 bits per heavy atom. The summed E-state index contributed by atoms with van der Waals surface area (Å²) in [5.74, 6) is 2.15. The number of nitrogens with one attached hydrogen (secondary N) is 2. The van der Waals surface area contributed by atoms with Crippen LogP contribution < -0.4 is 10.6 Å². The third-order valence-corrected chi connectivity index (χ3v) is 5.31. The lowest BCUT2D eigenvalue weighted by molar-refractivity contribution is 0.726. The van der Waals surface area contributed by atoms with E-state index in [0.717, 1.165) is 29.8 Å². The van der Waals surface area contributed by atoms with Crippen LogP contribution in [0.2, 0.25) is 0 Å². The van der Waals surface area contributed by atoms with Crippen LogP contribution in [-0.4, -0.2) is 35.5 Å². The molecule has 0 radical (unpaired) electrons. The first kappa shape index (κ1) is 18.3. The van der Waals surface area contributed by atoms with Gasteiger partial charge in [-0.3, -0.25) is 9.98 Å². The standard InChI is InChI=1S/C17H22N4S.HI/c1-18-17(21-12-15-8-4-10-22-15)20-11-14-6-2-5-13-7-3-9-19-16(13)14;/h2-3,5-7,9,15H,4,8,10-12H2,1H3,(H2,18,20,21);1H. The number of halogens is 1. The number of pyridine rings is 1. The van der Waals surface area contributed by atoms with E-state index in [9.17, 15) is 0 Å². The Hall–Kier alpha value is -1.02. The molecule has 2 heterocycles. The fourth-order valence-electron chi connectivity index (χ4n) is 2.73. The fourth-order valence-corrected chi connectivity index (χ4v) is 3.93. The molecule has 2 aromatic rings. The highest BCUT2D eigenvalue weighted by molar-refractivity contribution is 14.0. The number of fused-ring (bicyclic) bond motifs is 1. The number of rotatable bonds is 4. The minimum absolute atomic E-state index is 0. The molecule has 6 heteroatoms. The molecule has 2 N–H and O–H groups in total. The lowest BCUT2D eigenvalue weighted by Crippen LogP contribution is -2.39. The molecule has 0 amide bonds. The second-order valence-corrected chi connectivity index (χ2v) is 6.84. The first-order valence-electron chi connectivity index (χ1n) is 7.75. The second kappa shape index (κ2) is 9.32. The number of aliphatic imine (C=N–C) groups is 1. The summed E-state index contributed by atoms with van der Waals surface area (Å²) >= 11 is 2.06. The zero-order valence-corrected chi connectivity index (χ0v) is 16.4. The van der Waals surface area contributed by atoms with Crippen LogP contribution in [0.1, 0.15) is 18.4 Å². The van der Waals surface area contributed by atoms with Crippen molar-refractivity contribution in [1.82, 2.24) is 15.6 Å². The van der Waals surface area contributed by atoms with Gasteiger partial charge in [0.1, 0.15) is 0 Å². The molecule has 23 heavy (non-hydrogen) atoms. The van der Waals surface area contributed by atoms with Crippen molar-refractivity contribution < 1.29 is 0 Å². The quantitative estimate of drug-likeness (QED) is 0.433. The molecule has 1 fully saturated rings. The summed E-state index contributed by atoms with van der Waals surface area (Å²) in [4.78, 5) is 8.80. The zero-order chi connectivity index (χ0) is 15.2. The first-order valence-corrected chi connectivity index (χ1v) is 8.80. The summed E-state index contributed by atoms with van der Waals surface area (Å²) < 4.78 is 0. The van der Waals surface area contributed by atoms with Gasteiger partial charge in [-0.15, -0.1) is 24.0 Å². The molecule has 1 atom stereocenters. The molecular formula is C17H23IN4S. The van der Waals surface area contributed by atoms with Gasteiger partial charge in [0.2, 0.25) is 0 Å². The number of guanidine groups is 1. The average Bonchev–Trinajstić information content (AvgIpc) is 3.08. The maximum Gasteiger partial charge on any atom is 0.191 e. The minimum atomic E-state index is 0. The second-order valence-electron chi connectivity index (χ2n) is 5.43. The number of hydrogen-bond donors (Lipinski definition) is 2. The summed E-state index contributed by atoms with van der Waals surface area (Å²) in [5.41, 5.74) is 2.25. The third kappa shape index (κ3) is 4.97. The first-order chi connectivity index (χ1) is 10.9. The van der Waals surface area contributed by atoms with E-state index in [0.29, 0.717) is 0 Å². The van der Waals surface area contributed by atoms with Crippen LogP contribution in [0.3, 0.4) is 0 Å². The van der Waals surface area contributed by atoms with Crippen molar-refractivity contribution in [2.24, 2.45) is 4.99 Å². The van der Waals surface area contributed by atoms with Gasteiger partial charge in [0.15, 0.2) is 5.96 Å². The van der Waals surface area contributed by atoms with Gasteiger partial charge in [-0.2, -0.15) is 11.8 Å². The van der Waals surface area contributed by atoms with E-state index < -0.39 is 0 Å². The van der Waals surface area contributed by atoms with Gasteiger partial charge in [0, 0.05) is 37.0 Å². The molecule has 1 aromatic heterocycles. The molecule has 0 bridgehead atoms. The third-order valence-electron chi connectivity index (χ3n) is 3.91.